The first-order valence-electron chi connectivity index (χ1n) is 6.88. The minimum absolute atomic E-state index is 0.0905. The molecule has 0 radical (unpaired) electrons. The highest BCUT2D eigenvalue weighted by Crippen LogP contribution is 2.37. The van der Waals surface area contributed by atoms with Gasteiger partial charge in [-0.05, 0) is 29.8 Å². The fourth-order valence-corrected chi connectivity index (χ4v) is 3.10. The van der Waals surface area contributed by atoms with E-state index >= 15 is 0 Å². The lowest BCUT2D eigenvalue weighted by Crippen LogP contribution is -2.20. The number of para-hydroxylation sites is 1. The lowest BCUT2D eigenvalue weighted by molar-refractivity contribution is 0.0959. The molecule has 5 heteroatoms. The molecule has 1 amide bonds. The van der Waals surface area contributed by atoms with Crippen LogP contribution >= 0.6 is 0 Å². The molecule has 0 unspecified atom stereocenters. The van der Waals surface area contributed by atoms with Crippen molar-refractivity contribution in [3.05, 3.63) is 64.8 Å². The van der Waals surface area contributed by atoms with Crippen LogP contribution in [-0.2, 0) is 0 Å². The van der Waals surface area contributed by atoms with Crippen molar-refractivity contribution < 1.29 is 14.7 Å². The van der Waals surface area contributed by atoms with Crippen molar-refractivity contribution in [2.45, 2.75) is 6.04 Å². The second kappa shape index (κ2) is 4.46. The molecular weight excluding hydrogens is 280 g/mol. The fourth-order valence-electron chi connectivity index (χ4n) is 3.10. The van der Waals surface area contributed by atoms with Gasteiger partial charge < -0.3 is 15.4 Å². The molecule has 0 aliphatic carbocycles. The standard InChI is InChI=1S/C17H12N2O3/c20-8-14-15(11-3-1-2-4-13(11)18-14)16-12-7-9(21)5-6-10(12)17(22)19-16/h1-8,16,18,21H,(H,19,22)/t16-/m1/s1. The second-order valence-electron chi connectivity index (χ2n) is 5.29. The largest absolute Gasteiger partial charge is 0.508 e. The van der Waals surface area contributed by atoms with Gasteiger partial charge >= 0.3 is 0 Å². The third-order valence-corrected chi connectivity index (χ3v) is 4.05. The number of benzene rings is 2. The molecule has 0 fully saturated rings. The number of amides is 1. The van der Waals surface area contributed by atoms with E-state index in [1.54, 1.807) is 12.1 Å². The van der Waals surface area contributed by atoms with Gasteiger partial charge in [0.2, 0.25) is 0 Å². The molecule has 3 aromatic rings. The first-order valence-corrected chi connectivity index (χ1v) is 6.88. The normalized spacial score (nSPS) is 16.5. The lowest BCUT2D eigenvalue weighted by Gasteiger charge is -2.12. The summed E-state index contributed by atoms with van der Waals surface area (Å²) in [6, 6.07) is 11.7. The van der Waals surface area contributed by atoms with E-state index in [0.717, 1.165) is 22.8 Å². The zero-order valence-electron chi connectivity index (χ0n) is 11.5. The summed E-state index contributed by atoms with van der Waals surface area (Å²) in [7, 11) is 0. The lowest BCUT2D eigenvalue weighted by atomic mass is 9.96. The van der Waals surface area contributed by atoms with E-state index in [2.05, 4.69) is 10.3 Å². The predicted octanol–water partition coefficient (Wildman–Crippen LogP) is 2.52. The molecule has 5 nitrogen and oxygen atoms in total. The number of carbonyl (C=O) groups is 2. The van der Waals surface area contributed by atoms with Crippen LogP contribution in [0.4, 0.5) is 0 Å². The quantitative estimate of drug-likeness (QED) is 0.635. The van der Waals surface area contributed by atoms with Crippen molar-refractivity contribution in [2.75, 3.05) is 0 Å². The first-order chi connectivity index (χ1) is 10.7. The first kappa shape index (κ1) is 12.6. The van der Waals surface area contributed by atoms with Gasteiger partial charge in [0.15, 0.2) is 6.29 Å². The molecule has 1 aliphatic heterocycles. The Balaban J connectivity index is 2.00. The van der Waals surface area contributed by atoms with E-state index in [9.17, 15) is 14.7 Å². The molecule has 2 aromatic carbocycles. The van der Waals surface area contributed by atoms with Crippen LogP contribution in [0.5, 0.6) is 5.75 Å². The molecule has 22 heavy (non-hydrogen) atoms. The maximum Gasteiger partial charge on any atom is 0.252 e. The number of aromatic nitrogens is 1. The van der Waals surface area contributed by atoms with Crippen LogP contribution in [0.25, 0.3) is 10.9 Å². The number of aromatic hydroxyl groups is 1. The number of hydrogen-bond acceptors (Lipinski definition) is 3. The third kappa shape index (κ3) is 1.65. The zero-order chi connectivity index (χ0) is 15.3. The number of fused-ring (bicyclic) bond motifs is 2. The van der Waals surface area contributed by atoms with E-state index in [4.69, 9.17) is 0 Å². The van der Waals surface area contributed by atoms with Gasteiger partial charge in [-0.15, -0.1) is 0 Å². The molecule has 108 valence electrons. The maximum atomic E-state index is 12.1. The van der Waals surface area contributed by atoms with Crippen molar-refractivity contribution in [1.82, 2.24) is 10.3 Å². The van der Waals surface area contributed by atoms with Crippen molar-refractivity contribution in [3.63, 3.8) is 0 Å². The minimum Gasteiger partial charge on any atom is -0.508 e. The average Bonchev–Trinajstić information content (AvgIpc) is 3.04. The van der Waals surface area contributed by atoms with Gasteiger partial charge in [-0.3, -0.25) is 9.59 Å². The molecule has 0 saturated carbocycles. The summed E-state index contributed by atoms with van der Waals surface area (Å²) in [6.07, 6.45) is 0.752. The third-order valence-electron chi connectivity index (χ3n) is 4.05. The van der Waals surface area contributed by atoms with Gasteiger partial charge in [-0.2, -0.15) is 0 Å². The summed E-state index contributed by atoms with van der Waals surface area (Å²) in [5.74, 6) is -0.116. The van der Waals surface area contributed by atoms with Gasteiger partial charge in [0, 0.05) is 22.0 Å². The van der Waals surface area contributed by atoms with Gasteiger partial charge in [0.05, 0.1) is 11.7 Å². The Bertz CT molecular complexity index is 927. The SMILES string of the molecule is O=Cc1[nH]c2ccccc2c1[C@@H]1NC(=O)c2ccc(O)cc21. The monoisotopic (exact) mass is 292 g/mol. The summed E-state index contributed by atoms with van der Waals surface area (Å²) in [5.41, 5.74) is 3.19. The molecule has 0 bridgehead atoms. The number of phenolic OH excluding ortho intramolecular Hbond substituents is 1. The number of hydrogen-bond donors (Lipinski definition) is 3. The Morgan fingerprint density at radius 2 is 1.95 bits per heavy atom. The Morgan fingerprint density at radius 3 is 2.77 bits per heavy atom. The molecule has 1 aromatic heterocycles. The van der Waals surface area contributed by atoms with E-state index in [1.165, 1.54) is 6.07 Å². The summed E-state index contributed by atoms with van der Waals surface area (Å²) >= 11 is 0. The average molecular weight is 292 g/mol. The number of aldehydes is 1. The Labute approximate surface area is 125 Å². The van der Waals surface area contributed by atoms with Gasteiger partial charge in [0.25, 0.3) is 5.91 Å². The molecule has 2 heterocycles. The zero-order valence-corrected chi connectivity index (χ0v) is 11.5. The minimum atomic E-state index is -0.453. The number of phenols is 1. The predicted molar refractivity (Wildman–Crippen MR) is 81.1 cm³/mol. The van der Waals surface area contributed by atoms with Gasteiger partial charge in [-0.1, -0.05) is 18.2 Å². The van der Waals surface area contributed by atoms with Gasteiger partial charge in [-0.25, -0.2) is 0 Å². The van der Waals surface area contributed by atoms with Gasteiger partial charge in [0.1, 0.15) is 5.75 Å². The molecule has 1 aliphatic rings. The van der Waals surface area contributed by atoms with E-state index in [1.807, 2.05) is 24.3 Å². The molecule has 3 N–H and O–H groups in total. The molecule has 1 atom stereocenters. The molecule has 4 rings (SSSR count). The highest BCUT2D eigenvalue weighted by molar-refractivity contribution is 6.02. The molecule has 0 saturated heterocycles. The summed E-state index contributed by atoms with van der Waals surface area (Å²) < 4.78 is 0. The fraction of sp³-hybridized carbons (Fsp3) is 0.0588. The number of H-pyrrole nitrogens is 1. The highest BCUT2D eigenvalue weighted by Gasteiger charge is 2.33. The Morgan fingerprint density at radius 1 is 1.14 bits per heavy atom. The number of nitrogens with one attached hydrogen (secondary N) is 2. The number of rotatable bonds is 2. The van der Waals surface area contributed by atoms with Crippen LogP contribution in [0.2, 0.25) is 0 Å². The summed E-state index contributed by atoms with van der Waals surface area (Å²) in [5, 5.41) is 13.5. The molecule has 0 spiro atoms. The summed E-state index contributed by atoms with van der Waals surface area (Å²) in [4.78, 5) is 26.6. The van der Waals surface area contributed by atoms with Crippen LogP contribution in [-0.4, -0.2) is 22.3 Å². The smallest absolute Gasteiger partial charge is 0.252 e. The number of aromatic amines is 1. The van der Waals surface area contributed by atoms with Crippen molar-refractivity contribution in [3.8, 4) is 5.75 Å². The Kier molecular flexibility index (Phi) is 2.56. The van der Waals surface area contributed by atoms with Crippen molar-refractivity contribution in [2.24, 2.45) is 0 Å². The highest BCUT2D eigenvalue weighted by atomic mass is 16.3. The van der Waals surface area contributed by atoms with Crippen molar-refractivity contribution in [1.29, 1.82) is 0 Å². The van der Waals surface area contributed by atoms with E-state index < -0.39 is 6.04 Å². The van der Waals surface area contributed by atoms with E-state index in [0.29, 0.717) is 16.8 Å². The molecular formula is C17H12N2O3. The van der Waals surface area contributed by atoms with Crippen LogP contribution in [0.1, 0.15) is 38.0 Å². The van der Waals surface area contributed by atoms with Crippen LogP contribution < -0.4 is 5.32 Å². The van der Waals surface area contributed by atoms with Crippen LogP contribution in [0.3, 0.4) is 0 Å². The Hall–Kier alpha value is -3.08. The summed E-state index contributed by atoms with van der Waals surface area (Å²) in [6.45, 7) is 0. The topological polar surface area (TPSA) is 82.2 Å². The maximum absolute atomic E-state index is 12.1. The van der Waals surface area contributed by atoms with Crippen LogP contribution in [0, 0.1) is 0 Å². The number of carbonyl (C=O) groups excluding carboxylic acids is 2. The van der Waals surface area contributed by atoms with E-state index in [-0.39, 0.29) is 11.7 Å². The van der Waals surface area contributed by atoms with Crippen molar-refractivity contribution >= 4 is 23.1 Å². The second-order valence-corrected chi connectivity index (χ2v) is 5.29. The van der Waals surface area contributed by atoms with Crippen LogP contribution in [0.15, 0.2) is 42.5 Å².